The molecule has 0 heterocycles. The standard InChI is InChI=1S/C10H9ClF2O4S/c1-17-10(14)7-2-5(4-18(15)16)8(11)3-6(7)9(12)13/h2-3,9,18H,4H2,1H3. The Bertz CT molecular complexity index is 535. The van der Waals surface area contributed by atoms with Gasteiger partial charge in [-0.05, 0) is 17.7 Å². The van der Waals surface area contributed by atoms with Crippen LogP contribution in [0.5, 0.6) is 0 Å². The molecule has 8 heteroatoms. The number of hydrogen-bond donors (Lipinski definition) is 1. The van der Waals surface area contributed by atoms with Gasteiger partial charge in [-0.15, -0.1) is 0 Å². The minimum Gasteiger partial charge on any atom is -0.465 e. The van der Waals surface area contributed by atoms with Crippen LogP contribution in [-0.2, 0) is 21.2 Å². The highest BCUT2D eigenvalue weighted by Crippen LogP contribution is 2.29. The summed E-state index contributed by atoms with van der Waals surface area (Å²) in [6.45, 7) is 0. The molecule has 0 saturated heterocycles. The van der Waals surface area contributed by atoms with Crippen LogP contribution in [0.4, 0.5) is 8.78 Å². The SMILES string of the molecule is COC(=O)c1cc(C[SH](=O)=O)c(Cl)cc1C(F)F. The van der Waals surface area contributed by atoms with E-state index in [-0.39, 0.29) is 16.1 Å². The number of rotatable bonds is 4. The number of alkyl halides is 2. The van der Waals surface area contributed by atoms with Crippen LogP contribution in [-0.4, -0.2) is 21.5 Å². The van der Waals surface area contributed by atoms with Gasteiger partial charge in [0.05, 0.1) is 18.4 Å². The number of carbonyl (C=O) groups is 1. The molecular weight excluding hydrogens is 290 g/mol. The van der Waals surface area contributed by atoms with Gasteiger partial charge >= 0.3 is 5.97 Å². The summed E-state index contributed by atoms with van der Waals surface area (Å²) < 4.78 is 51.0. The fourth-order valence-electron chi connectivity index (χ4n) is 1.36. The fraction of sp³-hybridized carbons (Fsp3) is 0.300. The van der Waals surface area contributed by atoms with Crippen LogP contribution >= 0.6 is 11.6 Å². The van der Waals surface area contributed by atoms with Gasteiger partial charge in [-0.3, -0.25) is 0 Å². The molecular formula is C10H9ClF2O4S. The normalized spacial score (nSPS) is 11.0. The Morgan fingerprint density at radius 3 is 2.50 bits per heavy atom. The summed E-state index contributed by atoms with van der Waals surface area (Å²) in [6, 6.07) is 1.90. The number of halogens is 3. The molecule has 1 aromatic carbocycles. The number of hydrogen-bond acceptors (Lipinski definition) is 4. The summed E-state index contributed by atoms with van der Waals surface area (Å²) in [6.07, 6.45) is -2.91. The van der Waals surface area contributed by atoms with Gasteiger partial charge in [-0.1, -0.05) is 11.6 Å². The van der Waals surface area contributed by atoms with E-state index in [9.17, 15) is 22.0 Å². The van der Waals surface area contributed by atoms with Gasteiger partial charge in [0.15, 0.2) is 0 Å². The Morgan fingerprint density at radius 2 is 2.06 bits per heavy atom. The molecule has 0 N–H and O–H groups in total. The summed E-state index contributed by atoms with van der Waals surface area (Å²) in [5, 5.41) is -0.128. The van der Waals surface area contributed by atoms with Crippen molar-refractivity contribution < 1.29 is 26.7 Å². The molecule has 4 nitrogen and oxygen atoms in total. The fourth-order valence-corrected chi connectivity index (χ4v) is 2.23. The average molecular weight is 299 g/mol. The maximum Gasteiger partial charge on any atom is 0.338 e. The van der Waals surface area contributed by atoms with E-state index >= 15 is 0 Å². The van der Waals surface area contributed by atoms with E-state index in [1.54, 1.807) is 0 Å². The zero-order valence-electron chi connectivity index (χ0n) is 9.15. The van der Waals surface area contributed by atoms with E-state index in [4.69, 9.17) is 11.6 Å². The summed E-state index contributed by atoms with van der Waals surface area (Å²) >= 11 is 5.68. The van der Waals surface area contributed by atoms with Gasteiger partial charge in [-0.25, -0.2) is 22.0 Å². The van der Waals surface area contributed by atoms with Crippen molar-refractivity contribution in [3.8, 4) is 0 Å². The van der Waals surface area contributed by atoms with Crippen molar-refractivity contribution in [1.29, 1.82) is 0 Å². The Balaban J connectivity index is 3.39. The van der Waals surface area contributed by atoms with Gasteiger partial charge in [0, 0.05) is 10.6 Å². The Morgan fingerprint density at radius 1 is 1.44 bits per heavy atom. The van der Waals surface area contributed by atoms with Gasteiger partial charge in [0.1, 0.15) is 10.7 Å². The van der Waals surface area contributed by atoms with Crippen LogP contribution in [0.1, 0.15) is 27.9 Å². The maximum atomic E-state index is 12.7. The van der Waals surface area contributed by atoms with E-state index in [1.807, 2.05) is 0 Å². The largest absolute Gasteiger partial charge is 0.465 e. The minimum absolute atomic E-state index is 0.0811. The molecule has 0 saturated carbocycles. The van der Waals surface area contributed by atoms with Crippen molar-refractivity contribution in [2.75, 3.05) is 7.11 Å². The topological polar surface area (TPSA) is 60.4 Å². The number of ether oxygens (including phenoxy) is 1. The van der Waals surface area contributed by atoms with E-state index in [2.05, 4.69) is 4.74 Å². The lowest BCUT2D eigenvalue weighted by Crippen LogP contribution is -2.08. The van der Waals surface area contributed by atoms with Crippen molar-refractivity contribution in [2.24, 2.45) is 0 Å². The Hall–Kier alpha value is -1.21. The first-order chi connectivity index (χ1) is 8.36. The van der Waals surface area contributed by atoms with Crippen LogP contribution in [0.15, 0.2) is 12.1 Å². The Labute approximate surface area is 108 Å². The summed E-state index contributed by atoms with van der Waals surface area (Å²) in [5.41, 5.74) is -0.891. The predicted octanol–water partition coefficient (Wildman–Crippen LogP) is 2.18. The molecule has 0 aliphatic rings. The third-order valence-corrected chi connectivity index (χ3v) is 3.11. The quantitative estimate of drug-likeness (QED) is 0.684. The molecule has 18 heavy (non-hydrogen) atoms. The van der Waals surface area contributed by atoms with Gasteiger partial charge < -0.3 is 4.74 Å². The third-order valence-electron chi connectivity index (χ3n) is 2.16. The first kappa shape index (κ1) is 14.8. The molecule has 0 bridgehead atoms. The molecule has 0 atom stereocenters. The molecule has 1 rings (SSSR count). The number of esters is 1. The lowest BCUT2D eigenvalue weighted by molar-refractivity contribution is 0.0589. The molecule has 0 unspecified atom stereocenters. The first-order valence-electron chi connectivity index (χ1n) is 4.67. The van der Waals surface area contributed by atoms with E-state index in [0.717, 1.165) is 19.2 Å². The molecule has 0 aromatic heterocycles. The second-order valence-electron chi connectivity index (χ2n) is 3.31. The molecule has 0 aliphatic carbocycles. The highest BCUT2D eigenvalue weighted by Gasteiger charge is 2.21. The van der Waals surface area contributed by atoms with Crippen molar-refractivity contribution in [3.63, 3.8) is 0 Å². The Kier molecular flexibility index (Phi) is 5.03. The zero-order chi connectivity index (χ0) is 13.9. The number of thiol groups is 1. The molecule has 0 amide bonds. The van der Waals surface area contributed by atoms with Gasteiger partial charge in [0.2, 0.25) is 0 Å². The van der Waals surface area contributed by atoms with Crippen molar-refractivity contribution >= 4 is 28.3 Å². The van der Waals surface area contributed by atoms with Crippen LogP contribution in [0, 0.1) is 0 Å². The van der Waals surface area contributed by atoms with Crippen LogP contribution in [0.25, 0.3) is 0 Å². The minimum atomic E-state index is -2.91. The lowest BCUT2D eigenvalue weighted by atomic mass is 10.0. The van der Waals surface area contributed by atoms with E-state index in [1.165, 1.54) is 0 Å². The second kappa shape index (κ2) is 6.10. The number of methoxy groups -OCH3 is 1. The predicted molar refractivity (Wildman–Crippen MR) is 61.8 cm³/mol. The van der Waals surface area contributed by atoms with Crippen molar-refractivity contribution in [1.82, 2.24) is 0 Å². The monoisotopic (exact) mass is 298 g/mol. The maximum absolute atomic E-state index is 12.7. The molecule has 0 fully saturated rings. The summed E-state index contributed by atoms with van der Waals surface area (Å²) in [7, 11) is -1.74. The van der Waals surface area contributed by atoms with E-state index in [0.29, 0.717) is 0 Å². The van der Waals surface area contributed by atoms with Crippen LogP contribution < -0.4 is 0 Å². The van der Waals surface area contributed by atoms with E-state index < -0.39 is 34.4 Å². The molecule has 0 radical (unpaired) electrons. The van der Waals surface area contributed by atoms with Gasteiger partial charge in [-0.2, -0.15) is 0 Å². The number of carbonyl (C=O) groups excluding carboxylic acids is 1. The van der Waals surface area contributed by atoms with Crippen LogP contribution in [0.2, 0.25) is 5.02 Å². The lowest BCUT2D eigenvalue weighted by Gasteiger charge is -2.10. The summed E-state index contributed by atoms with van der Waals surface area (Å²) in [4.78, 5) is 11.3. The smallest absolute Gasteiger partial charge is 0.338 e. The second-order valence-corrected chi connectivity index (χ2v) is 4.70. The summed E-state index contributed by atoms with van der Waals surface area (Å²) in [5.74, 6) is -1.40. The zero-order valence-corrected chi connectivity index (χ0v) is 10.8. The first-order valence-corrected chi connectivity index (χ1v) is 6.41. The third kappa shape index (κ3) is 3.39. The molecule has 0 spiro atoms. The highest BCUT2D eigenvalue weighted by molar-refractivity contribution is 7.71. The molecule has 100 valence electrons. The van der Waals surface area contributed by atoms with Crippen molar-refractivity contribution in [2.45, 2.75) is 12.2 Å². The van der Waals surface area contributed by atoms with Crippen molar-refractivity contribution in [3.05, 3.63) is 33.8 Å². The van der Waals surface area contributed by atoms with Crippen LogP contribution in [0.3, 0.4) is 0 Å². The number of benzene rings is 1. The molecule has 1 aromatic rings. The van der Waals surface area contributed by atoms with Gasteiger partial charge in [0.25, 0.3) is 6.43 Å². The highest BCUT2D eigenvalue weighted by atomic mass is 35.5. The average Bonchev–Trinajstić information content (AvgIpc) is 2.29. The molecule has 0 aliphatic heterocycles.